The van der Waals surface area contributed by atoms with E-state index in [1.54, 1.807) is 11.3 Å². The Morgan fingerprint density at radius 1 is 1.35 bits per heavy atom. The molecule has 0 saturated carbocycles. The van der Waals surface area contributed by atoms with E-state index in [0.29, 0.717) is 0 Å². The van der Waals surface area contributed by atoms with Gasteiger partial charge < -0.3 is 5.32 Å². The first-order valence-electron chi connectivity index (χ1n) is 7.46. The van der Waals surface area contributed by atoms with Gasteiger partial charge in [-0.1, -0.05) is 6.92 Å². The summed E-state index contributed by atoms with van der Waals surface area (Å²) < 4.78 is 0. The number of nitrogens with zero attached hydrogens (tertiary/aromatic N) is 3. The summed E-state index contributed by atoms with van der Waals surface area (Å²) in [6.45, 7) is 8.55. The van der Waals surface area contributed by atoms with Gasteiger partial charge in [-0.3, -0.25) is 4.90 Å². The smallest absolute Gasteiger partial charge is 0.146 e. The summed E-state index contributed by atoms with van der Waals surface area (Å²) in [5, 5.41) is 6.59. The van der Waals surface area contributed by atoms with E-state index < -0.39 is 0 Å². The summed E-state index contributed by atoms with van der Waals surface area (Å²) in [5.41, 5.74) is 0. The molecule has 20 heavy (non-hydrogen) atoms. The Morgan fingerprint density at radius 2 is 2.15 bits per heavy atom. The lowest BCUT2D eigenvalue weighted by atomic mass is 9.99. The molecule has 0 radical (unpaired) electrons. The van der Waals surface area contributed by atoms with Gasteiger partial charge in [0.25, 0.3) is 0 Å². The van der Waals surface area contributed by atoms with Crippen LogP contribution in [-0.2, 0) is 6.54 Å². The van der Waals surface area contributed by atoms with Crippen LogP contribution in [0.2, 0.25) is 0 Å². The van der Waals surface area contributed by atoms with Crippen LogP contribution in [0.15, 0.2) is 11.4 Å². The molecule has 2 aromatic heterocycles. The number of rotatable bonds is 4. The molecule has 4 nitrogen and oxygen atoms in total. The lowest BCUT2D eigenvalue weighted by Crippen LogP contribution is -2.33. The average molecular weight is 290 g/mol. The number of thiophene rings is 1. The third-order valence-electron chi connectivity index (χ3n) is 3.96. The van der Waals surface area contributed by atoms with Gasteiger partial charge in [-0.25, -0.2) is 9.97 Å². The molecule has 0 spiro atoms. The minimum atomic E-state index is 0.865. The highest BCUT2D eigenvalue weighted by Gasteiger charge is 2.17. The van der Waals surface area contributed by atoms with Crippen molar-refractivity contribution in [2.75, 3.05) is 25.0 Å². The largest absolute Gasteiger partial charge is 0.370 e. The van der Waals surface area contributed by atoms with Gasteiger partial charge in [0.05, 0.1) is 11.9 Å². The average Bonchev–Trinajstić information content (AvgIpc) is 2.90. The van der Waals surface area contributed by atoms with E-state index in [4.69, 9.17) is 9.97 Å². The van der Waals surface area contributed by atoms with Crippen LogP contribution in [0, 0.1) is 5.92 Å². The summed E-state index contributed by atoms with van der Waals surface area (Å²) >= 11 is 1.69. The first kappa shape index (κ1) is 13.8. The van der Waals surface area contributed by atoms with Crippen LogP contribution < -0.4 is 5.32 Å². The zero-order valence-electron chi connectivity index (χ0n) is 12.2. The highest BCUT2D eigenvalue weighted by molar-refractivity contribution is 7.16. The Balaban J connectivity index is 1.80. The van der Waals surface area contributed by atoms with Crippen molar-refractivity contribution in [3.63, 3.8) is 0 Å². The van der Waals surface area contributed by atoms with E-state index in [1.807, 2.05) is 0 Å². The molecule has 0 aliphatic carbocycles. The summed E-state index contributed by atoms with van der Waals surface area (Å²) in [6.07, 6.45) is 2.59. The maximum atomic E-state index is 4.72. The normalized spacial score (nSPS) is 17.7. The lowest BCUT2D eigenvalue weighted by molar-refractivity contribution is 0.181. The van der Waals surface area contributed by atoms with Crippen LogP contribution in [0.1, 0.15) is 32.5 Å². The van der Waals surface area contributed by atoms with Crippen LogP contribution in [0.4, 0.5) is 5.82 Å². The third-order valence-corrected chi connectivity index (χ3v) is 4.76. The van der Waals surface area contributed by atoms with Crippen molar-refractivity contribution in [2.45, 2.75) is 33.2 Å². The lowest BCUT2D eigenvalue weighted by Gasteiger charge is -2.29. The molecule has 0 amide bonds. The number of hydrogen-bond donors (Lipinski definition) is 1. The zero-order chi connectivity index (χ0) is 13.9. The number of hydrogen-bond acceptors (Lipinski definition) is 5. The van der Waals surface area contributed by atoms with Gasteiger partial charge >= 0.3 is 0 Å². The van der Waals surface area contributed by atoms with Gasteiger partial charge in [-0.15, -0.1) is 11.3 Å². The standard InChI is InChI=1S/C15H22N4S/c1-3-16-14-12-6-9-20-15(12)18-13(17-14)10-19-7-4-11(2)5-8-19/h6,9,11H,3-5,7-8,10H2,1-2H3,(H,16,17,18). The monoisotopic (exact) mass is 290 g/mol. The Labute approximate surface area is 124 Å². The number of anilines is 1. The maximum Gasteiger partial charge on any atom is 0.146 e. The summed E-state index contributed by atoms with van der Waals surface area (Å²) in [5.74, 6) is 2.80. The fraction of sp³-hybridized carbons (Fsp3) is 0.600. The Kier molecular flexibility index (Phi) is 4.17. The van der Waals surface area contributed by atoms with Crippen molar-refractivity contribution in [2.24, 2.45) is 5.92 Å². The molecule has 2 aromatic rings. The molecule has 1 saturated heterocycles. The van der Waals surface area contributed by atoms with Gasteiger partial charge in [0, 0.05) is 6.54 Å². The van der Waals surface area contributed by atoms with E-state index in [-0.39, 0.29) is 0 Å². The fourth-order valence-electron chi connectivity index (χ4n) is 2.69. The quantitative estimate of drug-likeness (QED) is 0.937. The van der Waals surface area contributed by atoms with Gasteiger partial charge in [0.1, 0.15) is 16.5 Å². The second kappa shape index (κ2) is 6.06. The van der Waals surface area contributed by atoms with Crippen LogP contribution in [0.5, 0.6) is 0 Å². The molecule has 1 aliphatic rings. The highest BCUT2D eigenvalue weighted by Crippen LogP contribution is 2.26. The van der Waals surface area contributed by atoms with E-state index in [9.17, 15) is 0 Å². The fourth-order valence-corrected chi connectivity index (χ4v) is 3.48. The highest BCUT2D eigenvalue weighted by atomic mass is 32.1. The van der Waals surface area contributed by atoms with Crippen LogP contribution >= 0.6 is 11.3 Å². The molecule has 0 unspecified atom stereocenters. The summed E-state index contributed by atoms with van der Waals surface area (Å²) in [7, 11) is 0. The van der Waals surface area contributed by atoms with E-state index in [2.05, 4.69) is 35.5 Å². The van der Waals surface area contributed by atoms with Crippen molar-refractivity contribution >= 4 is 27.4 Å². The zero-order valence-corrected chi connectivity index (χ0v) is 13.0. The molecule has 3 heterocycles. The van der Waals surface area contributed by atoms with Crippen molar-refractivity contribution in [1.29, 1.82) is 0 Å². The molecule has 1 fully saturated rings. The van der Waals surface area contributed by atoms with Gasteiger partial charge in [-0.2, -0.15) is 0 Å². The first-order chi connectivity index (χ1) is 9.76. The van der Waals surface area contributed by atoms with E-state index in [1.165, 1.54) is 25.9 Å². The molecule has 0 bridgehead atoms. The Bertz CT molecular complexity index is 572. The summed E-state index contributed by atoms with van der Waals surface area (Å²) in [6, 6.07) is 2.10. The molecular weight excluding hydrogens is 268 g/mol. The number of likely N-dealkylation sites (tertiary alicyclic amines) is 1. The second-order valence-electron chi connectivity index (χ2n) is 5.62. The van der Waals surface area contributed by atoms with Crippen LogP contribution in [0.3, 0.4) is 0 Å². The SMILES string of the molecule is CCNc1nc(CN2CCC(C)CC2)nc2sccc12. The topological polar surface area (TPSA) is 41.1 Å². The van der Waals surface area contributed by atoms with E-state index >= 15 is 0 Å². The second-order valence-corrected chi connectivity index (χ2v) is 6.51. The number of fused-ring (bicyclic) bond motifs is 1. The molecule has 108 valence electrons. The minimum absolute atomic E-state index is 0.865. The van der Waals surface area contributed by atoms with Crippen LogP contribution in [-0.4, -0.2) is 34.5 Å². The Morgan fingerprint density at radius 3 is 2.90 bits per heavy atom. The summed E-state index contributed by atoms with van der Waals surface area (Å²) in [4.78, 5) is 13.0. The minimum Gasteiger partial charge on any atom is -0.370 e. The molecule has 3 rings (SSSR count). The Hall–Kier alpha value is -1.20. The first-order valence-corrected chi connectivity index (χ1v) is 8.34. The molecule has 1 N–H and O–H groups in total. The molecule has 0 aromatic carbocycles. The van der Waals surface area contributed by atoms with Crippen molar-refractivity contribution in [3.05, 3.63) is 17.3 Å². The molecule has 5 heteroatoms. The molecule has 1 aliphatic heterocycles. The third kappa shape index (κ3) is 2.94. The molecule has 0 atom stereocenters. The molecular formula is C15H22N4S. The predicted molar refractivity (Wildman–Crippen MR) is 85.3 cm³/mol. The maximum absolute atomic E-state index is 4.72. The van der Waals surface area contributed by atoms with Crippen LogP contribution in [0.25, 0.3) is 10.2 Å². The predicted octanol–water partition coefficient (Wildman–Crippen LogP) is 3.36. The van der Waals surface area contributed by atoms with Gasteiger partial charge in [0.15, 0.2) is 0 Å². The number of aromatic nitrogens is 2. The van der Waals surface area contributed by atoms with E-state index in [0.717, 1.165) is 40.9 Å². The number of nitrogens with one attached hydrogen (secondary N) is 1. The van der Waals surface area contributed by atoms with Crippen molar-refractivity contribution < 1.29 is 0 Å². The number of piperidine rings is 1. The van der Waals surface area contributed by atoms with Crippen molar-refractivity contribution in [3.8, 4) is 0 Å². The van der Waals surface area contributed by atoms with Gasteiger partial charge in [0.2, 0.25) is 0 Å². The van der Waals surface area contributed by atoms with Crippen molar-refractivity contribution in [1.82, 2.24) is 14.9 Å². The van der Waals surface area contributed by atoms with Gasteiger partial charge in [-0.05, 0) is 50.2 Å².